The zero-order valence-electron chi connectivity index (χ0n) is 15.8. The first-order valence-electron chi connectivity index (χ1n) is 9.07. The van der Waals surface area contributed by atoms with Crippen LogP contribution in [-0.2, 0) is 0 Å². The van der Waals surface area contributed by atoms with Crippen LogP contribution in [0.25, 0.3) is 5.65 Å². The molecule has 3 aromatic rings. The minimum atomic E-state index is -0.00289. The Balaban J connectivity index is 1.49. The number of carbonyl (C=O) groups excluding carboxylic acids is 1. The number of hydrogen-bond acceptors (Lipinski definition) is 5. The molecule has 1 aliphatic rings. The van der Waals surface area contributed by atoms with Crippen LogP contribution in [0.15, 0.2) is 36.5 Å². The Labute approximate surface area is 158 Å². The van der Waals surface area contributed by atoms with Gasteiger partial charge in [-0.2, -0.15) is 5.10 Å². The number of methoxy groups -OCH3 is 1. The third kappa shape index (κ3) is 3.20. The van der Waals surface area contributed by atoms with Crippen LogP contribution >= 0.6 is 0 Å². The largest absolute Gasteiger partial charge is 0.497 e. The maximum Gasteiger partial charge on any atom is 0.259 e. The van der Waals surface area contributed by atoms with E-state index in [9.17, 15) is 4.79 Å². The van der Waals surface area contributed by atoms with Gasteiger partial charge in [0.1, 0.15) is 11.3 Å². The van der Waals surface area contributed by atoms with Crippen LogP contribution in [0.5, 0.6) is 5.75 Å². The molecule has 1 amide bonds. The second-order valence-corrected chi connectivity index (χ2v) is 6.81. The number of carbonyl (C=O) groups is 1. The van der Waals surface area contributed by atoms with Crippen molar-refractivity contribution in [2.75, 3.05) is 38.2 Å². The van der Waals surface area contributed by atoms with Gasteiger partial charge >= 0.3 is 0 Å². The summed E-state index contributed by atoms with van der Waals surface area (Å²) in [5.74, 6) is 0.843. The van der Waals surface area contributed by atoms with Crippen LogP contribution in [0.2, 0.25) is 0 Å². The molecule has 2 aromatic heterocycles. The Morgan fingerprint density at radius 3 is 2.44 bits per heavy atom. The van der Waals surface area contributed by atoms with E-state index in [0.29, 0.717) is 24.3 Å². The lowest BCUT2D eigenvalue weighted by atomic mass is 10.2. The Hall–Kier alpha value is -3.09. The number of aryl methyl sites for hydroxylation is 2. The van der Waals surface area contributed by atoms with E-state index in [0.717, 1.165) is 35.9 Å². The van der Waals surface area contributed by atoms with Crippen molar-refractivity contribution in [2.24, 2.45) is 0 Å². The van der Waals surface area contributed by atoms with E-state index in [2.05, 4.69) is 27.1 Å². The van der Waals surface area contributed by atoms with E-state index in [-0.39, 0.29) is 5.91 Å². The first-order valence-corrected chi connectivity index (χ1v) is 9.07. The average molecular weight is 365 g/mol. The summed E-state index contributed by atoms with van der Waals surface area (Å²) < 4.78 is 6.94. The maximum atomic E-state index is 13.0. The predicted molar refractivity (Wildman–Crippen MR) is 104 cm³/mol. The van der Waals surface area contributed by atoms with Gasteiger partial charge in [0.2, 0.25) is 0 Å². The fourth-order valence-corrected chi connectivity index (χ4v) is 3.55. The summed E-state index contributed by atoms with van der Waals surface area (Å²) >= 11 is 0. The Bertz CT molecular complexity index is 972. The number of piperazine rings is 1. The summed E-state index contributed by atoms with van der Waals surface area (Å²) in [5, 5.41) is 4.34. The van der Waals surface area contributed by atoms with Gasteiger partial charge in [0.15, 0.2) is 5.65 Å². The zero-order valence-corrected chi connectivity index (χ0v) is 15.8. The van der Waals surface area contributed by atoms with Crippen LogP contribution in [0, 0.1) is 13.8 Å². The molecule has 1 aromatic carbocycles. The van der Waals surface area contributed by atoms with Crippen molar-refractivity contribution in [3.8, 4) is 5.75 Å². The minimum absolute atomic E-state index is 0.00289. The molecule has 1 fully saturated rings. The minimum Gasteiger partial charge on any atom is -0.497 e. The molecule has 1 saturated heterocycles. The molecule has 7 heteroatoms. The average Bonchev–Trinajstić information content (AvgIpc) is 3.12. The lowest BCUT2D eigenvalue weighted by Gasteiger charge is -2.36. The van der Waals surface area contributed by atoms with Gasteiger partial charge in [0.25, 0.3) is 5.91 Å². The van der Waals surface area contributed by atoms with Crippen molar-refractivity contribution in [1.29, 1.82) is 0 Å². The van der Waals surface area contributed by atoms with Crippen molar-refractivity contribution < 1.29 is 9.53 Å². The lowest BCUT2D eigenvalue weighted by Crippen LogP contribution is -2.48. The van der Waals surface area contributed by atoms with E-state index in [1.807, 2.05) is 36.9 Å². The smallest absolute Gasteiger partial charge is 0.259 e. The van der Waals surface area contributed by atoms with E-state index in [4.69, 9.17) is 4.74 Å². The Morgan fingerprint density at radius 1 is 1.07 bits per heavy atom. The number of amides is 1. The van der Waals surface area contributed by atoms with Crippen LogP contribution in [0.1, 0.15) is 21.7 Å². The van der Waals surface area contributed by atoms with Gasteiger partial charge in [-0.25, -0.2) is 9.50 Å². The molecular weight excluding hydrogens is 342 g/mol. The first-order chi connectivity index (χ1) is 13.1. The van der Waals surface area contributed by atoms with Crippen molar-refractivity contribution in [3.63, 3.8) is 0 Å². The van der Waals surface area contributed by atoms with Crippen LogP contribution in [-0.4, -0.2) is 58.7 Å². The third-order valence-electron chi connectivity index (χ3n) is 5.01. The van der Waals surface area contributed by atoms with Gasteiger partial charge in [-0.15, -0.1) is 0 Å². The maximum absolute atomic E-state index is 13.0. The molecule has 4 rings (SSSR count). The molecule has 0 bridgehead atoms. The summed E-state index contributed by atoms with van der Waals surface area (Å²) in [7, 11) is 1.66. The van der Waals surface area contributed by atoms with E-state index in [1.54, 1.807) is 17.8 Å². The van der Waals surface area contributed by atoms with E-state index < -0.39 is 0 Å². The quantitative estimate of drug-likeness (QED) is 0.713. The molecule has 1 aliphatic heterocycles. The predicted octanol–water partition coefficient (Wildman–Crippen LogP) is 2.32. The highest BCUT2D eigenvalue weighted by Crippen LogP contribution is 2.21. The van der Waals surface area contributed by atoms with Crippen molar-refractivity contribution in [3.05, 3.63) is 53.5 Å². The number of anilines is 1. The number of hydrogen-bond donors (Lipinski definition) is 0. The Kier molecular flexibility index (Phi) is 4.43. The van der Waals surface area contributed by atoms with Gasteiger partial charge in [-0.05, 0) is 44.2 Å². The summed E-state index contributed by atoms with van der Waals surface area (Å²) in [6.45, 7) is 6.84. The molecule has 0 unspecified atom stereocenters. The molecule has 27 heavy (non-hydrogen) atoms. The van der Waals surface area contributed by atoms with Gasteiger partial charge in [0, 0.05) is 43.3 Å². The molecular formula is C20H23N5O2. The monoisotopic (exact) mass is 365 g/mol. The SMILES string of the molecule is COc1ccc(N2CCN(C(=O)c3cnn4c(C)cc(C)nc34)CC2)cc1. The molecule has 0 saturated carbocycles. The normalized spacial score (nSPS) is 14.6. The van der Waals surface area contributed by atoms with Crippen molar-refractivity contribution in [1.82, 2.24) is 19.5 Å². The highest BCUT2D eigenvalue weighted by molar-refractivity contribution is 5.99. The summed E-state index contributed by atoms with van der Waals surface area (Å²) in [6, 6.07) is 9.99. The summed E-state index contributed by atoms with van der Waals surface area (Å²) in [6.07, 6.45) is 1.63. The fraction of sp³-hybridized carbons (Fsp3) is 0.350. The number of benzene rings is 1. The second-order valence-electron chi connectivity index (χ2n) is 6.81. The number of ether oxygens (including phenoxy) is 1. The molecule has 3 heterocycles. The number of nitrogens with zero attached hydrogens (tertiary/aromatic N) is 5. The summed E-state index contributed by atoms with van der Waals surface area (Å²) in [5.41, 5.74) is 4.21. The van der Waals surface area contributed by atoms with Gasteiger partial charge in [-0.1, -0.05) is 0 Å². The molecule has 0 spiro atoms. The van der Waals surface area contributed by atoms with E-state index in [1.165, 1.54) is 0 Å². The number of fused-ring (bicyclic) bond motifs is 1. The number of aromatic nitrogens is 3. The zero-order chi connectivity index (χ0) is 19.0. The van der Waals surface area contributed by atoms with Gasteiger partial charge in [-0.3, -0.25) is 4.79 Å². The topological polar surface area (TPSA) is 63.0 Å². The van der Waals surface area contributed by atoms with Crippen LogP contribution in [0.3, 0.4) is 0 Å². The van der Waals surface area contributed by atoms with Crippen molar-refractivity contribution >= 4 is 17.2 Å². The van der Waals surface area contributed by atoms with E-state index >= 15 is 0 Å². The standard InChI is InChI=1S/C20H23N5O2/c1-14-12-15(2)25-19(22-14)18(13-21-25)20(26)24-10-8-23(9-11-24)16-4-6-17(27-3)7-5-16/h4-7,12-13H,8-11H2,1-3H3. The third-order valence-corrected chi connectivity index (χ3v) is 5.01. The second kappa shape index (κ2) is 6.90. The molecule has 0 radical (unpaired) electrons. The Morgan fingerprint density at radius 2 is 1.78 bits per heavy atom. The van der Waals surface area contributed by atoms with Crippen LogP contribution in [0.4, 0.5) is 5.69 Å². The first kappa shape index (κ1) is 17.3. The molecule has 140 valence electrons. The molecule has 0 aliphatic carbocycles. The highest BCUT2D eigenvalue weighted by Gasteiger charge is 2.25. The molecule has 0 N–H and O–H groups in total. The van der Waals surface area contributed by atoms with Crippen molar-refractivity contribution in [2.45, 2.75) is 13.8 Å². The highest BCUT2D eigenvalue weighted by atomic mass is 16.5. The number of rotatable bonds is 3. The lowest BCUT2D eigenvalue weighted by molar-refractivity contribution is 0.0748. The van der Waals surface area contributed by atoms with Crippen LogP contribution < -0.4 is 9.64 Å². The molecule has 0 atom stereocenters. The van der Waals surface area contributed by atoms with Gasteiger partial charge < -0.3 is 14.5 Å². The van der Waals surface area contributed by atoms with Gasteiger partial charge in [0.05, 0.1) is 13.3 Å². The fourth-order valence-electron chi connectivity index (χ4n) is 3.55. The summed E-state index contributed by atoms with van der Waals surface area (Å²) in [4.78, 5) is 21.7. The molecule has 7 nitrogen and oxygen atoms in total.